The first-order valence-corrected chi connectivity index (χ1v) is 6.31. The first kappa shape index (κ1) is 16.9. The highest BCUT2D eigenvalue weighted by atomic mass is 35.5. The largest absolute Gasteiger partial charge is 0.464 e. The second kappa shape index (κ2) is 5.99. The lowest BCUT2D eigenvalue weighted by Crippen LogP contribution is -2.11. The van der Waals surface area contributed by atoms with E-state index >= 15 is 0 Å². The summed E-state index contributed by atoms with van der Waals surface area (Å²) in [7, 11) is 1.06. The number of nitrogens with zero attached hydrogens (tertiary/aromatic N) is 2. The van der Waals surface area contributed by atoms with E-state index < -0.39 is 35.0 Å². The van der Waals surface area contributed by atoms with E-state index in [0.717, 1.165) is 13.2 Å². The van der Waals surface area contributed by atoms with Crippen molar-refractivity contribution in [2.75, 3.05) is 12.8 Å². The van der Waals surface area contributed by atoms with Crippen LogP contribution in [-0.2, 0) is 10.9 Å². The van der Waals surface area contributed by atoms with Crippen molar-refractivity contribution in [1.82, 2.24) is 9.97 Å². The zero-order valence-corrected chi connectivity index (χ0v) is 12.2. The molecule has 1 heterocycles. The molecule has 1 aromatic heterocycles. The summed E-state index contributed by atoms with van der Waals surface area (Å²) in [5, 5.41) is -0.298. The maximum atomic E-state index is 13.9. The first-order chi connectivity index (χ1) is 10.6. The Balaban J connectivity index is 2.59. The van der Waals surface area contributed by atoms with E-state index in [1.165, 1.54) is 0 Å². The van der Waals surface area contributed by atoms with Gasteiger partial charge in [-0.1, -0.05) is 11.6 Å². The number of aromatic nitrogens is 2. The van der Waals surface area contributed by atoms with Crippen LogP contribution in [0.3, 0.4) is 0 Å². The molecule has 0 atom stereocenters. The number of benzene rings is 1. The zero-order valence-electron chi connectivity index (χ0n) is 11.4. The van der Waals surface area contributed by atoms with Gasteiger partial charge in [-0.15, -0.1) is 0 Å². The summed E-state index contributed by atoms with van der Waals surface area (Å²) >= 11 is 5.76. The van der Waals surface area contributed by atoms with Crippen molar-refractivity contribution in [3.05, 3.63) is 40.3 Å². The molecular formula is C13H8ClF4N3O2. The van der Waals surface area contributed by atoms with Crippen molar-refractivity contribution >= 4 is 23.4 Å². The van der Waals surface area contributed by atoms with Crippen LogP contribution in [0.2, 0.25) is 5.02 Å². The number of nitrogens with two attached hydrogens (primary N) is 1. The van der Waals surface area contributed by atoms with Gasteiger partial charge in [-0.2, -0.15) is 13.2 Å². The van der Waals surface area contributed by atoms with Crippen molar-refractivity contribution in [3.63, 3.8) is 0 Å². The Hall–Kier alpha value is -2.42. The lowest BCUT2D eigenvalue weighted by Gasteiger charge is -2.10. The third kappa shape index (κ3) is 3.34. The van der Waals surface area contributed by atoms with E-state index in [4.69, 9.17) is 17.3 Å². The van der Waals surface area contributed by atoms with Crippen LogP contribution < -0.4 is 5.73 Å². The average Bonchev–Trinajstić information content (AvgIpc) is 2.48. The normalized spacial score (nSPS) is 11.4. The van der Waals surface area contributed by atoms with E-state index in [9.17, 15) is 22.4 Å². The minimum atomic E-state index is -4.70. The van der Waals surface area contributed by atoms with Gasteiger partial charge in [0.05, 0.1) is 18.2 Å². The van der Waals surface area contributed by atoms with Crippen LogP contribution in [-0.4, -0.2) is 23.0 Å². The number of ether oxygens (including phenoxy) is 1. The van der Waals surface area contributed by atoms with Gasteiger partial charge >= 0.3 is 12.1 Å². The monoisotopic (exact) mass is 349 g/mol. The van der Waals surface area contributed by atoms with Gasteiger partial charge in [0.15, 0.2) is 11.5 Å². The molecule has 0 aliphatic heterocycles. The molecule has 0 bridgehead atoms. The number of hydrogen-bond donors (Lipinski definition) is 1. The highest BCUT2D eigenvalue weighted by molar-refractivity contribution is 6.35. The van der Waals surface area contributed by atoms with Crippen molar-refractivity contribution < 1.29 is 27.1 Å². The maximum absolute atomic E-state index is 13.9. The van der Waals surface area contributed by atoms with Gasteiger partial charge in [0.2, 0.25) is 0 Å². The topological polar surface area (TPSA) is 78.1 Å². The fourth-order valence-electron chi connectivity index (χ4n) is 1.69. The summed E-state index contributed by atoms with van der Waals surface area (Å²) in [5.41, 5.74) is 3.55. The fourth-order valence-corrected chi connectivity index (χ4v) is 1.85. The average molecular weight is 350 g/mol. The predicted octanol–water partition coefficient (Wildman–Crippen LogP) is 3.32. The predicted molar refractivity (Wildman–Crippen MR) is 73.2 cm³/mol. The molecule has 0 saturated carbocycles. The molecule has 10 heteroatoms. The standard InChI is InChI=1S/C13H8ClF4N3O2/c1-23-12(22)9-8(14)10(19)21-11(20-9)6-3-2-5(4-7(6)15)13(16,17)18/h2-4H,1H3,(H2,19,20,21). The van der Waals surface area contributed by atoms with Crippen molar-refractivity contribution in [1.29, 1.82) is 0 Å². The molecule has 0 radical (unpaired) electrons. The highest BCUT2D eigenvalue weighted by Gasteiger charge is 2.31. The molecule has 0 spiro atoms. The number of esters is 1. The Morgan fingerprint density at radius 2 is 1.96 bits per heavy atom. The maximum Gasteiger partial charge on any atom is 0.416 e. The smallest absolute Gasteiger partial charge is 0.416 e. The van der Waals surface area contributed by atoms with Crippen LogP contribution >= 0.6 is 11.6 Å². The van der Waals surface area contributed by atoms with E-state index in [1.54, 1.807) is 0 Å². The number of anilines is 1. The number of nitrogen functional groups attached to an aromatic ring is 1. The molecule has 2 aromatic rings. The lowest BCUT2D eigenvalue weighted by atomic mass is 10.1. The van der Waals surface area contributed by atoms with Gasteiger partial charge in [-0.25, -0.2) is 19.2 Å². The third-order valence-electron chi connectivity index (χ3n) is 2.79. The lowest BCUT2D eigenvalue weighted by molar-refractivity contribution is -0.137. The van der Waals surface area contributed by atoms with Crippen LogP contribution in [0.1, 0.15) is 16.1 Å². The summed E-state index contributed by atoms with van der Waals surface area (Å²) < 4.78 is 56.0. The number of halogens is 5. The van der Waals surface area contributed by atoms with Gasteiger partial charge < -0.3 is 10.5 Å². The zero-order chi connectivity index (χ0) is 17.4. The quantitative estimate of drug-likeness (QED) is 0.664. The molecule has 5 nitrogen and oxygen atoms in total. The third-order valence-corrected chi connectivity index (χ3v) is 3.17. The minimum Gasteiger partial charge on any atom is -0.464 e. The Morgan fingerprint density at radius 3 is 2.48 bits per heavy atom. The Kier molecular flexibility index (Phi) is 4.42. The van der Waals surface area contributed by atoms with Crippen LogP contribution in [0, 0.1) is 5.82 Å². The first-order valence-electron chi connectivity index (χ1n) is 5.93. The van der Waals surface area contributed by atoms with Crippen LogP contribution in [0.15, 0.2) is 18.2 Å². The Labute approximate surface area is 132 Å². The fraction of sp³-hybridized carbons (Fsp3) is 0.154. The molecule has 0 aliphatic rings. The molecule has 23 heavy (non-hydrogen) atoms. The van der Waals surface area contributed by atoms with Crippen molar-refractivity contribution in [2.45, 2.75) is 6.18 Å². The minimum absolute atomic E-state index is 0.293. The summed E-state index contributed by atoms with van der Waals surface area (Å²) in [6.07, 6.45) is -4.70. The SMILES string of the molecule is COC(=O)c1nc(-c2ccc(C(F)(F)F)cc2F)nc(N)c1Cl. The van der Waals surface area contributed by atoms with E-state index in [1.807, 2.05) is 0 Å². The van der Waals surface area contributed by atoms with Gasteiger partial charge in [0, 0.05) is 0 Å². The Morgan fingerprint density at radius 1 is 1.30 bits per heavy atom. The second-order valence-corrected chi connectivity index (χ2v) is 4.66. The molecule has 2 rings (SSSR count). The summed E-state index contributed by atoms with van der Waals surface area (Å²) in [4.78, 5) is 18.9. The van der Waals surface area contributed by atoms with Crippen LogP contribution in [0.4, 0.5) is 23.4 Å². The molecule has 0 amide bonds. The van der Waals surface area contributed by atoms with Crippen LogP contribution in [0.25, 0.3) is 11.4 Å². The molecule has 0 unspecified atom stereocenters. The highest BCUT2D eigenvalue weighted by Crippen LogP contribution is 2.33. The number of hydrogen-bond acceptors (Lipinski definition) is 5. The van der Waals surface area contributed by atoms with E-state index in [-0.39, 0.29) is 16.4 Å². The van der Waals surface area contributed by atoms with Crippen molar-refractivity contribution in [3.8, 4) is 11.4 Å². The summed E-state index contributed by atoms with van der Waals surface area (Å²) in [6.45, 7) is 0. The number of carbonyl (C=O) groups excluding carboxylic acids is 1. The van der Waals surface area contributed by atoms with Crippen LogP contribution in [0.5, 0.6) is 0 Å². The molecule has 1 aromatic carbocycles. The second-order valence-electron chi connectivity index (χ2n) is 4.28. The van der Waals surface area contributed by atoms with E-state index in [0.29, 0.717) is 12.1 Å². The number of alkyl halides is 3. The summed E-state index contributed by atoms with van der Waals surface area (Å²) in [5.74, 6) is -2.90. The molecule has 0 aliphatic carbocycles. The number of methoxy groups -OCH3 is 1. The molecular weight excluding hydrogens is 342 g/mol. The van der Waals surface area contributed by atoms with Gasteiger partial charge in [-0.3, -0.25) is 0 Å². The van der Waals surface area contributed by atoms with Crippen molar-refractivity contribution in [2.24, 2.45) is 0 Å². The number of rotatable bonds is 2. The van der Waals surface area contributed by atoms with Gasteiger partial charge in [0.1, 0.15) is 16.7 Å². The molecule has 0 fully saturated rings. The van der Waals surface area contributed by atoms with Gasteiger partial charge in [0.25, 0.3) is 0 Å². The summed E-state index contributed by atoms with van der Waals surface area (Å²) in [6, 6.07) is 1.79. The van der Waals surface area contributed by atoms with Gasteiger partial charge in [-0.05, 0) is 18.2 Å². The van der Waals surface area contributed by atoms with E-state index in [2.05, 4.69) is 14.7 Å². The number of carbonyl (C=O) groups is 1. The molecule has 122 valence electrons. The molecule has 0 saturated heterocycles. The molecule has 2 N–H and O–H groups in total. The Bertz CT molecular complexity index is 781.